The standard InChI is InChI=1S/C21H30BrF3N2O4Si/c1-20(29)11-14(12-20)27-18-16(21(23,24)25)9-15(31-6-5-22)10-17(18)26(19(27)28)13-30-7-8-32(2,3)4/h9-10,14,29H,5-8,11-13H2,1-4H3. The first-order valence-corrected chi connectivity index (χ1v) is 15.4. The van der Waals surface area contributed by atoms with Crippen LogP contribution in [0.2, 0.25) is 25.7 Å². The molecule has 0 amide bonds. The quantitative estimate of drug-likeness (QED) is 0.277. The van der Waals surface area contributed by atoms with E-state index in [2.05, 4.69) is 35.6 Å². The van der Waals surface area contributed by atoms with Gasteiger partial charge in [-0.25, -0.2) is 4.79 Å². The van der Waals surface area contributed by atoms with Crippen LogP contribution in [0.15, 0.2) is 16.9 Å². The Balaban J connectivity index is 2.12. The summed E-state index contributed by atoms with van der Waals surface area (Å²) in [6, 6.07) is 2.76. The van der Waals surface area contributed by atoms with Crippen molar-refractivity contribution in [3.8, 4) is 5.75 Å². The molecule has 6 nitrogen and oxygen atoms in total. The fourth-order valence-electron chi connectivity index (χ4n) is 3.97. The third-order valence-electron chi connectivity index (χ3n) is 5.62. The number of fused-ring (bicyclic) bond motifs is 1. The second-order valence-corrected chi connectivity index (χ2v) is 16.3. The Morgan fingerprint density at radius 1 is 1.25 bits per heavy atom. The van der Waals surface area contributed by atoms with E-state index in [4.69, 9.17) is 9.47 Å². The second-order valence-electron chi connectivity index (χ2n) is 9.86. The van der Waals surface area contributed by atoms with Crippen molar-refractivity contribution in [2.75, 3.05) is 18.5 Å². The van der Waals surface area contributed by atoms with Crippen LogP contribution in [-0.2, 0) is 17.6 Å². The number of hydrogen-bond acceptors (Lipinski definition) is 4. The molecule has 2 aromatic rings. The lowest BCUT2D eigenvalue weighted by atomic mass is 9.77. The second kappa shape index (κ2) is 9.15. The van der Waals surface area contributed by atoms with E-state index in [-0.39, 0.29) is 43.0 Å². The maximum absolute atomic E-state index is 14.1. The summed E-state index contributed by atoms with van der Waals surface area (Å²) in [6.45, 7) is 8.67. The summed E-state index contributed by atoms with van der Waals surface area (Å²) in [7, 11) is -1.36. The van der Waals surface area contributed by atoms with Crippen molar-refractivity contribution in [1.29, 1.82) is 0 Å². The third kappa shape index (κ3) is 5.60. The molecule has 1 aromatic carbocycles. The van der Waals surface area contributed by atoms with E-state index in [1.54, 1.807) is 6.92 Å². The van der Waals surface area contributed by atoms with Gasteiger partial charge in [0.15, 0.2) is 0 Å². The van der Waals surface area contributed by atoms with E-state index < -0.39 is 37.1 Å². The highest BCUT2D eigenvalue weighted by Crippen LogP contribution is 2.44. The van der Waals surface area contributed by atoms with Crippen LogP contribution in [0, 0.1) is 0 Å². The van der Waals surface area contributed by atoms with Crippen LogP contribution in [0.25, 0.3) is 11.0 Å². The lowest BCUT2D eigenvalue weighted by Gasteiger charge is -2.41. The fourth-order valence-corrected chi connectivity index (χ4v) is 4.89. The number of hydrogen-bond donors (Lipinski definition) is 1. The molecular formula is C21H30BrF3N2O4Si. The summed E-state index contributed by atoms with van der Waals surface area (Å²) in [5.41, 5.74) is -2.57. The molecule has 11 heteroatoms. The van der Waals surface area contributed by atoms with Gasteiger partial charge in [-0.05, 0) is 31.9 Å². The monoisotopic (exact) mass is 538 g/mol. The number of aliphatic hydroxyl groups is 1. The van der Waals surface area contributed by atoms with Gasteiger partial charge in [-0.15, -0.1) is 0 Å². The van der Waals surface area contributed by atoms with Crippen molar-refractivity contribution in [1.82, 2.24) is 9.13 Å². The molecule has 0 aliphatic heterocycles. The van der Waals surface area contributed by atoms with E-state index in [9.17, 15) is 23.1 Å². The summed E-state index contributed by atoms with van der Waals surface area (Å²) in [5, 5.41) is 10.6. The number of alkyl halides is 4. The van der Waals surface area contributed by atoms with Gasteiger partial charge in [-0.3, -0.25) is 9.13 Å². The van der Waals surface area contributed by atoms with Gasteiger partial charge in [0.05, 0.1) is 28.8 Å². The third-order valence-corrected chi connectivity index (χ3v) is 7.64. The molecule has 32 heavy (non-hydrogen) atoms. The lowest BCUT2D eigenvalue weighted by molar-refractivity contribution is -0.136. The van der Waals surface area contributed by atoms with Gasteiger partial charge < -0.3 is 14.6 Å². The minimum atomic E-state index is -4.68. The number of nitrogens with zero attached hydrogens (tertiary/aromatic N) is 2. The van der Waals surface area contributed by atoms with Crippen LogP contribution in [0.4, 0.5) is 13.2 Å². The minimum Gasteiger partial charge on any atom is -0.493 e. The van der Waals surface area contributed by atoms with Gasteiger partial charge in [-0.2, -0.15) is 13.2 Å². The van der Waals surface area contributed by atoms with E-state index >= 15 is 0 Å². The molecule has 1 saturated carbocycles. The average molecular weight is 539 g/mol. The zero-order chi connectivity index (χ0) is 23.9. The molecule has 1 aliphatic carbocycles. The number of aromatic nitrogens is 2. The number of imidazole rings is 1. The van der Waals surface area contributed by atoms with Crippen molar-refractivity contribution in [3.05, 3.63) is 28.2 Å². The zero-order valence-corrected chi connectivity index (χ0v) is 21.3. The molecule has 1 aromatic heterocycles. The zero-order valence-electron chi connectivity index (χ0n) is 18.8. The molecule has 1 N–H and O–H groups in total. The summed E-state index contributed by atoms with van der Waals surface area (Å²) in [4.78, 5) is 13.3. The van der Waals surface area contributed by atoms with Crippen LogP contribution in [0.3, 0.4) is 0 Å². The summed E-state index contributed by atoms with van der Waals surface area (Å²) in [5.74, 6) is 0.0397. The largest absolute Gasteiger partial charge is 0.493 e. The van der Waals surface area contributed by atoms with Crippen molar-refractivity contribution < 1.29 is 27.8 Å². The molecule has 0 bridgehead atoms. The summed E-state index contributed by atoms with van der Waals surface area (Å²) >= 11 is 3.20. The topological polar surface area (TPSA) is 65.6 Å². The number of benzene rings is 1. The Labute approximate surface area is 194 Å². The van der Waals surface area contributed by atoms with E-state index in [0.717, 1.165) is 12.1 Å². The molecule has 1 heterocycles. The van der Waals surface area contributed by atoms with Gasteiger partial charge in [-0.1, -0.05) is 35.6 Å². The molecule has 0 unspecified atom stereocenters. The first-order chi connectivity index (χ1) is 14.7. The van der Waals surface area contributed by atoms with Crippen LogP contribution >= 0.6 is 15.9 Å². The van der Waals surface area contributed by atoms with Crippen LogP contribution in [0.5, 0.6) is 5.75 Å². The van der Waals surface area contributed by atoms with Gasteiger partial charge >= 0.3 is 11.9 Å². The Morgan fingerprint density at radius 2 is 1.91 bits per heavy atom. The molecule has 1 aliphatic rings. The molecule has 0 radical (unpaired) electrons. The number of halogens is 4. The fraction of sp³-hybridized carbons (Fsp3) is 0.667. The van der Waals surface area contributed by atoms with Gasteiger partial charge in [0, 0.05) is 32.1 Å². The van der Waals surface area contributed by atoms with E-state index in [1.165, 1.54) is 15.2 Å². The number of ether oxygens (including phenoxy) is 2. The van der Waals surface area contributed by atoms with Gasteiger partial charge in [0.2, 0.25) is 0 Å². The molecule has 0 spiro atoms. The van der Waals surface area contributed by atoms with Gasteiger partial charge in [0.25, 0.3) is 0 Å². The Morgan fingerprint density at radius 3 is 2.44 bits per heavy atom. The predicted molar refractivity (Wildman–Crippen MR) is 123 cm³/mol. The van der Waals surface area contributed by atoms with E-state index in [0.29, 0.717) is 11.9 Å². The maximum Gasteiger partial charge on any atom is 0.418 e. The maximum atomic E-state index is 14.1. The first-order valence-electron chi connectivity index (χ1n) is 10.6. The average Bonchev–Trinajstić information content (AvgIpc) is 2.90. The van der Waals surface area contributed by atoms with Gasteiger partial charge in [0.1, 0.15) is 12.5 Å². The Hall–Kier alpha value is -1.30. The van der Waals surface area contributed by atoms with Crippen LogP contribution in [0.1, 0.15) is 31.4 Å². The normalized spacial score (nSPS) is 21.7. The first kappa shape index (κ1) is 25.3. The SMILES string of the molecule is CC1(O)CC(n2c(=O)n(COCC[Si](C)(C)C)c3cc(OCCBr)cc(C(F)(F)F)c32)C1. The lowest BCUT2D eigenvalue weighted by Crippen LogP contribution is -2.45. The van der Waals surface area contributed by atoms with Crippen LogP contribution < -0.4 is 10.4 Å². The molecule has 1 fully saturated rings. The molecular weight excluding hydrogens is 509 g/mol. The highest BCUT2D eigenvalue weighted by molar-refractivity contribution is 9.09. The highest BCUT2D eigenvalue weighted by Gasteiger charge is 2.43. The minimum absolute atomic E-state index is 0.0397. The van der Waals surface area contributed by atoms with Crippen molar-refractivity contribution >= 4 is 35.0 Å². The molecule has 180 valence electrons. The molecule has 0 saturated heterocycles. The smallest absolute Gasteiger partial charge is 0.418 e. The Bertz CT molecular complexity index is 1020. The Kier molecular flexibility index (Phi) is 7.24. The summed E-state index contributed by atoms with van der Waals surface area (Å²) in [6.07, 6.45) is -4.26. The number of rotatable bonds is 9. The highest BCUT2D eigenvalue weighted by atomic mass is 79.9. The molecule has 3 rings (SSSR count). The van der Waals surface area contributed by atoms with Crippen molar-refractivity contribution in [2.24, 2.45) is 0 Å². The van der Waals surface area contributed by atoms with Crippen molar-refractivity contribution in [3.63, 3.8) is 0 Å². The van der Waals surface area contributed by atoms with E-state index in [1.807, 2.05) is 0 Å². The predicted octanol–water partition coefficient (Wildman–Crippen LogP) is 4.99. The summed E-state index contributed by atoms with van der Waals surface area (Å²) < 4.78 is 55.7. The molecule has 0 atom stereocenters. The van der Waals surface area contributed by atoms with Crippen molar-refractivity contribution in [2.45, 2.75) is 70.0 Å². The van der Waals surface area contributed by atoms with Crippen LogP contribution in [-0.4, -0.2) is 46.5 Å².